The van der Waals surface area contributed by atoms with Gasteiger partial charge in [0.15, 0.2) is 0 Å². The van der Waals surface area contributed by atoms with Crippen LogP contribution in [0.1, 0.15) is 17.5 Å². The van der Waals surface area contributed by atoms with Crippen molar-refractivity contribution >= 4 is 17.5 Å². The maximum Gasteiger partial charge on any atom is 0.239 e. The number of carbonyl (C=O) groups is 2. The maximum atomic E-state index is 13.4. The summed E-state index contributed by atoms with van der Waals surface area (Å²) in [6.07, 6.45) is 1.21. The summed E-state index contributed by atoms with van der Waals surface area (Å²) in [5, 5.41) is 2.85. The van der Waals surface area contributed by atoms with Gasteiger partial charge in [-0.1, -0.05) is 30.3 Å². The van der Waals surface area contributed by atoms with E-state index in [0.29, 0.717) is 30.8 Å². The molecule has 0 aromatic heterocycles. The number of hydrogen-bond donors (Lipinski definition) is 1. The van der Waals surface area contributed by atoms with E-state index in [1.165, 1.54) is 6.07 Å². The smallest absolute Gasteiger partial charge is 0.239 e. The van der Waals surface area contributed by atoms with Crippen LogP contribution in [0.4, 0.5) is 10.1 Å². The molecule has 0 saturated carbocycles. The number of anilines is 1. The minimum absolute atomic E-state index is 0.219. The van der Waals surface area contributed by atoms with Crippen molar-refractivity contribution in [2.75, 3.05) is 18.0 Å². The molecule has 1 heterocycles. The standard InChI is InChI=1S/C20H21FN2O2/c1-14-13-16(7-8-18(14)21)23-12-10-17(20(23)25)19(24)22-11-9-15-5-3-2-4-6-15/h2-8,13,17H,9-12H2,1H3,(H,22,24). The van der Waals surface area contributed by atoms with E-state index in [1.54, 1.807) is 24.0 Å². The normalized spacial score (nSPS) is 17.0. The van der Waals surface area contributed by atoms with E-state index in [0.717, 1.165) is 12.0 Å². The summed E-state index contributed by atoms with van der Waals surface area (Å²) >= 11 is 0. The number of carbonyl (C=O) groups excluding carboxylic acids is 2. The number of rotatable bonds is 5. The van der Waals surface area contributed by atoms with Crippen molar-refractivity contribution in [3.8, 4) is 0 Å². The summed E-state index contributed by atoms with van der Waals surface area (Å²) < 4.78 is 13.4. The third kappa shape index (κ3) is 3.87. The molecule has 130 valence electrons. The van der Waals surface area contributed by atoms with E-state index in [-0.39, 0.29) is 17.6 Å². The molecule has 1 saturated heterocycles. The first-order chi connectivity index (χ1) is 12.1. The van der Waals surface area contributed by atoms with Gasteiger partial charge < -0.3 is 10.2 Å². The van der Waals surface area contributed by atoms with E-state index < -0.39 is 5.92 Å². The molecule has 0 radical (unpaired) electrons. The van der Waals surface area contributed by atoms with Gasteiger partial charge in [0.2, 0.25) is 11.8 Å². The lowest BCUT2D eigenvalue weighted by molar-refractivity contribution is -0.132. The van der Waals surface area contributed by atoms with Crippen molar-refractivity contribution in [3.05, 3.63) is 65.5 Å². The predicted octanol–water partition coefficient (Wildman–Crippen LogP) is 2.85. The Morgan fingerprint density at radius 1 is 1.24 bits per heavy atom. The molecule has 0 bridgehead atoms. The molecule has 4 nitrogen and oxygen atoms in total. The van der Waals surface area contributed by atoms with E-state index >= 15 is 0 Å². The monoisotopic (exact) mass is 340 g/mol. The minimum atomic E-state index is -0.666. The number of amides is 2. The molecule has 1 aliphatic heterocycles. The van der Waals surface area contributed by atoms with Crippen LogP contribution >= 0.6 is 0 Å². The Hall–Kier alpha value is -2.69. The lowest BCUT2D eigenvalue weighted by atomic mass is 10.1. The Morgan fingerprint density at radius 3 is 2.72 bits per heavy atom. The average molecular weight is 340 g/mol. The molecule has 5 heteroatoms. The van der Waals surface area contributed by atoms with Crippen LogP contribution in [0.15, 0.2) is 48.5 Å². The molecule has 1 unspecified atom stereocenters. The fraction of sp³-hybridized carbons (Fsp3) is 0.300. The first-order valence-electron chi connectivity index (χ1n) is 8.45. The molecule has 2 aromatic rings. The van der Waals surface area contributed by atoms with Crippen LogP contribution in [0.5, 0.6) is 0 Å². The SMILES string of the molecule is Cc1cc(N2CCC(C(=O)NCCc3ccccc3)C2=O)ccc1F. The molecule has 1 N–H and O–H groups in total. The van der Waals surface area contributed by atoms with Crippen molar-refractivity contribution in [1.82, 2.24) is 5.32 Å². The predicted molar refractivity (Wildman–Crippen MR) is 94.8 cm³/mol. The summed E-state index contributed by atoms with van der Waals surface area (Å²) in [7, 11) is 0. The highest BCUT2D eigenvalue weighted by Crippen LogP contribution is 2.26. The average Bonchev–Trinajstić information content (AvgIpc) is 3.00. The van der Waals surface area contributed by atoms with Crippen LogP contribution in [0, 0.1) is 18.7 Å². The zero-order valence-electron chi connectivity index (χ0n) is 14.2. The number of halogens is 1. The van der Waals surface area contributed by atoms with Gasteiger partial charge in [-0.3, -0.25) is 9.59 Å². The van der Waals surface area contributed by atoms with Gasteiger partial charge in [-0.25, -0.2) is 4.39 Å². The highest BCUT2D eigenvalue weighted by molar-refractivity contribution is 6.09. The zero-order valence-corrected chi connectivity index (χ0v) is 14.2. The third-order valence-electron chi connectivity index (χ3n) is 4.53. The highest BCUT2D eigenvalue weighted by Gasteiger charge is 2.37. The number of nitrogens with one attached hydrogen (secondary N) is 1. The second-order valence-electron chi connectivity index (χ2n) is 6.29. The molecule has 0 spiro atoms. The van der Waals surface area contributed by atoms with Crippen LogP contribution < -0.4 is 10.2 Å². The Balaban J connectivity index is 1.57. The topological polar surface area (TPSA) is 49.4 Å². The first kappa shape index (κ1) is 17.1. The summed E-state index contributed by atoms with van der Waals surface area (Å²) in [6, 6.07) is 14.5. The Bertz CT molecular complexity index is 777. The van der Waals surface area contributed by atoms with Crippen LogP contribution in [0.25, 0.3) is 0 Å². The highest BCUT2D eigenvalue weighted by atomic mass is 19.1. The summed E-state index contributed by atoms with van der Waals surface area (Å²) in [4.78, 5) is 26.4. The van der Waals surface area contributed by atoms with Gasteiger partial charge in [0.1, 0.15) is 11.7 Å². The van der Waals surface area contributed by atoms with Crippen molar-refractivity contribution in [2.24, 2.45) is 5.92 Å². The fourth-order valence-corrected chi connectivity index (χ4v) is 3.07. The molecule has 2 aromatic carbocycles. The molecule has 1 atom stereocenters. The van der Waals surface area contributed by atoms with Gasteiger partial charge in [-0.05, 0) is 49.1 Å². The zero-order chi connectivity index (χ0) is 17.8. The van der Waals surface area contributed by atoms with Gasteiger partial charge >= 0.3 is 0 Å². The largest absolute Gasteiger partial charge is 0.355 e. The van der Waals surface area contributed by atoms with E-state index in [1.807, 2.05) is 30.3 Å². The molecular weight excluding hydrogens is 319 g/mol. The Kier molecular flexibility index (Phi) is 5.12. The maximum absolute atomic E-state index is 13.4. The van der Waals surface area contributed by atoms with E-state index in [4.69, 9.17) is 0 Å². The van der Waals surface area contributed by atoms with Crippen molar-refractivity contribution in [3.63, 3.8) is 0 Å². The lowest BCUT2D eigenvalue weighted by Gasteiger charge is -2.17. The number of aryl methyl sites for hydroxylation is 1. The second-order valence-corrected chi connectivity index (χ2v) is 6.29. The van der Waals surface area contributed by atoms with Gasteiger partial charge in [0.05, 0.1) is 0 Å². The Morgan fingerprint density at radius 2 is 2.00 bits per heavy atom. The van der Waals surface area contributed by atoms with Gasteiger partial charge in [0, 0.05) is 18.8 Å². The van der Waals surface area contributed by atoms with Crippen molar-refractivity contribution in [2.45, 2.75) is 19.8 Å². The summed E-state index contributed by atoms with van der Waals surface area (Å²) in [5.74, 6) is -1.42. The molecule has 2 amide bonds. The lowest BCUT2D eigenvalue weighted by Crippen LogP contribution is -2.37. The number of benzene rings is 2. The molecule has 3 rings (SSSR count). The van der Waals surface area contributed by atoms with Crippen molar-refractivity contribution < 1.29 is 14.0 Å². The Labute approximate surface area is 146 Å². The molecule has 25 heavy (non-hydrogen) atoms. The molecule has 1 aliphatic rings. The summed E-state index contributed by atoms with van der Waals surface area (Å²) in [6.45, 7) is 2.64. The molecule has 0 aliphatic carbocycles. The van der Waals surface area contributed by atoms with Crippen LogP contribution in [0.3, 0.4) is 0 Å². The second kappa shape index (κ2) is 7.47. The number of nitrogens with zero attached hydrogens (tertiary/aromatic N) is 1. The van der Waals surface area contributed by atoms with E-state index in [9.17, 15) is 14.0 Å². The van der Waals surface area contributed by atoms with Gasteiger partial charge in [-0.2, -0.15) is 0 Å². The van der Waals surface area contributed by atoms with Gasteiger partial charge in [0.25, 0.3) is 0 Å². The quantitative estimate of drug-likeness (QED) is 0.851. The third-order valence-corrected chi connectivity index (χ3v) is 4.53. The molecular formula is C20H21FN2O2. The molecule has 1 fully saturated rings. The van der Waals surface area contributed by atoms with Crippen LogP contribution in [-0.2, 0) is 16.0 Å². The van der Waals surface area contributed by atoms with E-state index in [2.05, 4.69) is 5.32 Å². The fourth-order valence-electron chi connectivity index (χ4n) is 3.07. The van der Waals surface area contributed by atoms with Crippen LogP contribution in [0.2, 0.25) is 0 Å². The minimum Gasteiger partial charge on any atom is -0.355 e. The van der Waals surface area contributed by atoms with Crippen LogP contribution in [-0.4, -0.2) is 24.9 Å². The van der Waals surface area contributed by atoms with Gasteiger partial charge in [-0.15, -0.1) is 0 Å². The van der Waals surface area contributed by atoms with Crippen molar-refractivity contribution in [1.29, 1.82) is 0 Å². The summed E-state index contributed by atoms with van der Waals surface area (Å²) in [5.41, 5.74) is 2.27. The number of hydrogen-bond acceptors (Lipinski definition) is 2. The first-order valence-corrected chi connectivity index (χ1v) is 8.45.